The molecule has 0 amide bonds. The molecule has 0 aliphatic rings. The maximum absolute atomic E-state index is 3.72. The Labute approximate surface area is 124 Å². The van der Waals surface area contributed by atoms with Gasteiger partial charge in [-0.05, 0) is 56.7 Å². The number of hydrogen-bond donors (Lipinski definition) is 0. The fraction of sp³-hybridized carbons (Fsp3) is 0.400. The first-order valence-electron chi connectivity index (χ1n) is 7.63. The van der Waals surface area contributed by atoms with Crippen molar-refractivity contribution in [3.63, 3.8) is 0 Å². The molecule has 0 saturated heterocycles. The lowest BCUT2D eigenvalue weighted by Crippen LogP contribution is -1.98. The molecule has 1 aromatic carbocycles. The van der Waals surface area contributed by atoms with Crippen molar-refractivity contribution in [1.82, 2.24) is 0 Å². The molecular formula is C20H28. The Bertz CT molecular complexity index is 501. The van der Waals surface area contributed by atoms with E-state index in [2.05, 4.69) is 58.5 Å². The largest absolute Gasteiger partial charge is 0.0991 e. The summed E-state index contributed by atoms with van der Waals surface area (Å²) in [5.74, 6) is 0. The number of rotatable bonds is 7. The van der Waals surface area contributed by atoms with Gasteiger partial charge in [-0.25, -0.2) is 0 Å². The smallest absolute Gasteiger partial charge is 0.0239 e. The number of allylic oxidation sites excluding steroid dienone is 5. The van der Waals surface area contributed by atoms with Crippen molar-refractivity contribution in [3.8, 4) is 0 Å². The first kappa shape index (κ1) is 16.5. The van der Waals surface area contributed by atoms with Crippen LogP contribution in [0.5, 0.6) is 0 Å². The lowest BCUT2D eigenvalue weighted by atomic mass is 9.93. The molecule has 0 aliphatic heterocycles. The van der Waals surface area contributed by atoms with Crippen molar-refractivity contribution in [3.05, 3.63) is 70.8 Å². The Kier molecular flexibility index (Phi) is 7.08. The summed E-state index contributed by atoms with van der Waals surface area (Å²) in [6.45, 7) is 12.6. The lowest BCUT2D eigenvalue weighted by molar-refractivity contribution is 0.859. The van der Waals surface area contributed by atoms with E-state index in [1.807, 2.05) is 12.2 Å². The Morgan fingerprint density at radius 1 is 1.20 bits per heavy atom. The topological polar surface area (TPSA) is 0 Å². The molecule has 0 heteroatoms. The molecule has 108 valence electrons. The summed E-state index contributed by atoms with van der Waals surface area (Å²) in [5.41, 5.74) is 7.34. The monoisotopic (exact) mass is 268 g/mol. The third kappa shape index (κ3) is 4.85. The van der Waals surface area contributed by atoms with Crippen molar-refractivity contribution in [2.75, 3.05) is 0 Å². The Hall–Kier alpha value is -1.56. The summed E-state index contributed by atoms with van der Waals surface area (Å²) < 4.78 is 0. The summed E-state index contributed by atoms with van der Waals surface area (Å²) in [6, 6.07) is 6.71. The van der Waals surface area contributed by atoms with Gasteiger partial charge in [-0.3, -0.25) is 0 Å². The Balaban J connectivity index is 2.82. The van der Waals surface area contributed by atoms with Crippen LogP contribution in [0.1, 0.15) is 50.3 Å². The van der Waals surface area contributed by atoms with Gasteiger partial charge in [-0.2, -0.15) is 0 Å². The second kappa shape index (κ2) is 8.58. The average molecular weight is 268 g/mol. The zero-order chi connectivity index (χ0) is 15.0. The van der Waals surface area contributed by atoms with Gasteiger partial charge in [0.1, 0.15) is 0 Å². The molecule has 0 saturated carbocycles. The van der Waals surface area contributed by atoms with Crippen LogP contribution >= 0.6 is 0 Å². The van der Waals surface area contributed by atoms with E-state index in [0.29, 0.717) is 0 Å². The maximum Gasteiger partial charge on any atom is -0.0239 e. The van der Waals surface area contributed by atoms with Crippen LogP contribution in [0.2, 0.25) is 0 Å². The molecule has 0 radical (unpaired) electrons. The molecule has 0 unspecified atom stereocenters. The molecule has 0 bridgehead atoms. The summed E-state index contributed by atoms with van der Waals surface area (Å²) >= 11 is 0. The third-order valence-corrected chi connectivity index (χ3v) is 3.93. The fourth-order valence-electron chi connectivity index (χ4n) is 2.48. The van der Waals surface area contributed by atoms with Crippen molar-refractivity contribution < 1.29 is 0 Å². The van der Waals surface area contributed by atoms with Gasteiger partial charge in [0, 0.05) is 0 Å². The van der Waals surface area contributed by atoms with E-state index in [1.165, 1.54) is 35.1 Å². The van der Waals surface area contributed by atoms with Gasteiger partial charge in [-0.1, -0.05) is 67.5 Å². The minimum atomic E-state index is 1.13. The summed E-state index contributed by atoms with van der Waals surface area (Å²) in [4.78, 5) is 0. The molecule has 0 spiro atoms. The van der Waals surface area contributed by atoms with E-state index in [9.17, 15) is 0 Å². The van der Waals surface area contributed by atoms with Crippen molar-refractivity contribution >= 4 is 0 Å². The van der Waals surface area contributed by atoms with Crippen LogP contribution in [0.3, 0.4) is 0 Å². The summed E-state index contributed by atoms with van der Waals surface area (Å²) in [6.07, 6.45) is 10.7. The van der Waals surface area contributed by atoms with E-state index < -0.39 is 0 Å². The number of benzene rings is 1. The van der Waals surface area contributed by atoms with Crippen LogP contribution in [-0.4, -0.2) is 0 Å². The molecule has 0 heterocycles. The van der Waals surface area contributed by atoms with Gasteiger partial charge in [0.2, 0.25) is 0 Å². The van der Waals surface area contributed by atoms with Crippen molar-refractivity contribution in [1.29, 1.82) is 0 Å². The van der Waals surface area contributed by atoms with Gasteiger partial charge in [-0.15, -0.1) is 0 Å². The van der Waals surface area contributed by atoms with Crippen molar-refractivity contribution in [2.45, 2.75) is 53.4 Å². The molecule has 0 aromatic heterocycles. The summed E-state index contributed by atoms with van der Waals surface area (Å²) in [7, 11) is 0. The van der Waals surface area contributed by atoms with Crippen LogP contribution in [0.4, 0.5) is 0 Å². The van der Waals surface area contributed by atoms with Crippen LogP contribution in [0, 0.1) is 6.92 Å². The fourth-order valence-corrected chi connectivity index (χ4v) is 2.48. The van der Waals surface area contributed by atoms with Crippen LogP contribution in [0.25, 0.3) is 0 Å². The van der Waals surface area contributed by atoms with E-state index in [-0.39, 0.29) is 0 Å². The highest BCUT2D eigenvalue weighted by molar-refractivity contribution is 5.35. The maximum atomic E-state index is 3.72. The zero-order valence-electron chi connectivity index (χ0n) is 13.5. The highest BCUT2D eigenvalue weighted by Gasteiger charge is 2.05. The minimum Gasteiger partial charge on any atom is -0.0991 e. The van der Waals surface area contributed by atoms with Gasteiger partial charge in [0.15, 0.2) is 0 Å². The first-order chi connectivity index (χ1) is 9.60. The second-order valence-corrected chi connectivity index (χ2v) is 5.52. The molecule has 1 aromatic rings. The molecule has 0 atom stereocenters. The van der Waals surface area contributed by atoms with Gasteiger partial charge in [0.25, 0.3) is 0 Å². The normalized spacial score (nSPS) is 12.6. The number of hydrogen-bond acceptors (Lipinski definition) is 0. The zero-order valence-corrected chi connectivity index (χ0v) is 13.5. The molecule has 0 aliphatic carbocycles. The second-order valence-electron chi connectivity index (χ2n) is 5.52. The first-order valence-corrected chi connectivity index (χ1v) is 7.63. The molecular weight excluding hydrogens is 240 g/mol. The average Bonchev–Trinajstić information content (AvgIpc) is 2.45. The third-order valence-electron chi connectivity index (χ3n) is 3.93. The van der Waals surface area contributed by atoms with Crippen LogP contribution in [-0.2, 0) is 12.8 Å². The quantitative estimate of drug-likeness (QED) is 0.535. The minimum absolute atomic E-state index is 1.13. The number of aryl methyl sites for hydroxylation is 2. The highest BCUT2D eigenvalue weighted by atomic mass is 14.1. The van der Waals surface area contributed by atoms with Gasteiger partial charge in [0.05, 0.1) is 0 Å². The van der Waals surface area contributed by atoms with E-state index in [4.69, 9.17) is 0 Å². The molecule has 0 fully saturated rings. The Morgan fingerprint density at radius 2 is 1.95 bits per heavy atom. The standard InChI is InChI=1S/C20H28/c1-6-8-11-16(3)17(4)14-15-19-13-9-12-18(5)20(19)10-7-2/h6,8-9,11-13H,1,7,10,14-15H2,2-5H3/b11-8-,17-16+. The Morgan fingerprint density at radius 3 is 2.60 bits per heavy atom. The SMILES string of the molecule is C=C/C=C\C(C)=C(/C)CCc1cccc(C)c1CCC. The molecule has 0 nitrogen and oxygen atoms in total. The molecule has 1 rings (SSSR count). The predicted octanol–water partition coefficient (Wildman–Crippen LogP) is 5.96. The predicted molar refractivity (Wildman–Crippen MR) is 91.2 cm³/mol. The van der Waals surface area contributed by atoms with Gasteiger partial charge < -0.3 is 0 Å². The van der Waals surface area contributed by atoms with E-state index >= 15 is 0 Å². The highest BCUT2D eigenvalue weighted by Crippen LogP contribution is 2.20. The van der Waals surface area contributed by atoms with E-state index in [1.54, 1.807) is 5.56 Å². The van der Waals surface area contributed by atoms with E-state index in [0.717, 1.165) is 12.8 Å². The van der Waals surface area contributed by atoms with Crippen LogP contribution in [0.15, 0.2) is 54.2 Å². The van der Waals surface area contributed by atoms with Gasteiger partial charge >= 0.3 is 0 Å². The van der Waals surface area contributed by atoms with Crippen LogP contribution < -0.4 is 0 Å². The molecule has 0 N–H and O–H groups in total. The summed E-state index contributed by atoms with van der Waals surface area (Å²) in [5, 5.41) is 0. The molecule has 20 heavy (non-hydrogen) atoms. The van der Waals surface area contributed by atoms with Crippen molar-refractivity contribution in [2.24, 2.45) is 0 Å². The lowest BCUT2D eigenvalue weighted by Gasteiger charge is -2.12.